The third-order valence-electron chi connectivity index (χ3n) is 2.92. The van der Waals surface area contributed by atoms with Gasteiger partial charge in [-0.25, -0.2) is 9.59 Å². The van der Waals surface area contributed by atoms with Crippen LogP contribution in [0.1, 0.15) is 27.7 Å². The molecule has 1 atom stereocenters. The molecule has 0 saturated heterocycles. The molecule has 1 unspecified atom stereocenters. The Balaban J connectivity index is 5.10. The molecule has 7 nitrogen and oxygen atoms in total. The zero-order chi connectivity index (χ0) is 14.7. The van der Waals surface area contributed by atoms with E-state index in [0.29, 0.717) is 0 Å². The van der Waals surface area contributed by atoms with Crippen LogP contribution in [0.25, 0.3) is 0 Å². The summed E-state index contributed by atoms with van der Waals surface area (Å²) in [5.74, 6) is -1.81. The van der Waals surface area contributed by atoms with Crippen LogP contribution in [0.15, 0.2) is 0 Å². The third-order valence-corrected chi connectivity index (χ3v) is 2.92. The molecule has 0 aromatic carbocycles. The van der Waals surface area contributed by atoms with Gasteiger partial charge < -0.3 is 21.1 Å². The van der Waals surface area contributed by atoms with Crippen LogP contribution < -0.4 is 11.1 Å². The number of hydrogen-bond donors (Lipinski definition) is 3. The number of carbonyl (C=O) groups excluding carboxylic acids is 2. The van der Waals surface area contributed by atoms with Crippen LogP contribution in [-0.2, 0) is 9.59 Å². The predicted molar refractivity (Wildman–Crippen MR) is 65.8 cm³/mol. The van der Waals surface area contributed by atoms with Crippen molar-refractivity contribution < 1.29 is 19.5 Å². The molecule has 0 spiro atoms. The summed E-state index contributed by atoms with van der Waals surface area (Å²) < 4.78 is 0. The Morgan fingerprint density at radius 1 is 1.28 bits per heavy atom. The quantitative estimate of drug-likeness (QED) is 0.645. The lowest BCUT2D eigenvalue weighted by molar-refractivity contribution is -0.156. The summed E-state index contributed by atoms with van der Waals surface area (Å²) in [5, 5.41) is 11.4. The SMILES string of the molecule is CC(C)C(NC(N)=O)C(=O)N(C)C(C)(C)C(=O)O. The molecule has 18 heavy (non-hydrogen) atoms. The standard InChI is InChI=1S/C11H21N3O4/c1-6(2)7(13-10(12)18)8(15)14(5)11(3,4)9(16)17/h6-7H,1-5H3,(H,16,17)(H3,12,13,18). The number of carbonyl (C=O) groups is 3. The summed E-state index contributed by atoms with van der Waals surface area (Å²) in [6, 6.07) is -1.66. The van der Waals surface area contributed by atoms with Crippen molar-refractivity contribution in [1.29, 1.82) is 0 Å². The Kier molecular flexibility index (Phi) is 5.13. The molecular weight excluding hydrogens is 238 g/mol. The number of nitrogens with one attached hydrogen (secondary N) is 1. The highest BCUT2D eigenvalue weighted by molar-refractivity contribution is 5.91. The van der Waals surface area contributed by atoms with E-state index in [1.54, 1.807) is 13.8 Å². The molecule has 0 bridgehead atoms. The summed E-state index contributed by atoms with van der Waals surface area (Å²) in [6.07, 6.45) is 0. The normalized spacial score (nSPS) is 13.0. The molecule has 3 amide bonds. The minimum atomic E-state index is -1.36. The molecular formula is C11H21N3O4. The average Bonchev–Trinajstić information content (AvgIpc) is 2.22. The van der Waals surface area contributed by atoms with Crippen LogP contribution in [0.4, 0.5) is 4.79 Å². The van der Waals surface area contributed by atoms with Gasteiger partial charge in [0.2, 0.25) is 5.91 Å². The van der Waals surface area contributed by atoms with Crippen LogP contribution in [0.2, 0.25) is 0 Å². The molecule has 0 saturated carbocycles. The molecule has 104 valence electrons. The van der Waals surface area contributed by atoms with Gasteiger partial charge in [0.1, 0.15) is 11.6 Å². The summed E-state index contributed by atoms with van der Waals surface area (Å²) in [6.45, 7) is 6.30. The largest absolute Gasteiger partial charge is 0.480 e. The van der Waals surface area contributed by atoms with Gasteiger partial charge in [-0.1, -0.05) is 13.8 Å². The summed E-state index contributed by atoms with van der Waals surface area (Å²) in [5.41, 5.74) is 3.64. The maximum Gasteiger partial charge on any atom is 0.329 e. The maximum absolute atomic E-state index is 12.2. The lowest BCUT2D eigenvalue weighted by Crippen LogP contribution is -2.58. The fraction of sp³-hybridized carbons (Fsp3) is 0.727. The van der Waals surface area contributed by atoms with E-state index in [4.69, 9.17) is 10.8 Å². The molecule has 0 rings (SSSR count). The van der Waals surface area contributed by atoms with E-state index in [1.807, 2.05) is 0 Å². The van der Waals surface area contributed by atoms with Crippen LogP contribution in [0.3, 0.4) is 0 Å². The first-order chi connectivity index (χ1) is 8.01. The molecule has 0 aliphatic carbocycles. The summed E-state index contributed by atoms with van der Waals surface area (Å²) in [7, 11) is 1.38. The second-order valence-electron chi connectivity index (χ2n) is 4.99. The number of urea groups is 1. The topological polar surface area (TPSA) is 113 Å². The minimum Gasteiger partial charge on any atom is -0.480 e. The first kappa shape index (κ1) is 16.2. The number of carboxylic acid groups (broad SMARTS) is 1. The van der Waals surface area contributed by atoms with Crippen molar-refractivity contribution in [3.8, 4) is 0 Å². The van der Waals surface area contributed by atoms with Crippen molar-refractivity contribution in [2.75, 3.05) is 7.05 Å². The lowest BCUT2D eigenvalue weighted by atomic mass is 9.98. The fourth-order valence-electron chi connectivity index (χ4n) is 1.29. The average molecular weight is 259 g/mol. The third kappa shape index (κ3) is 3.61. The predicted octanol–water partition coefficient (Wildman–Crippen LogP) is 0.000900. The van der Waals surface area contributed by atoms with Crippen molar-refractivity contribution in [2.24, 2.45) is 11.7 Å². The highest BCUT2D eigenvalue weighted by atomic mass is 16.4. The molecule has 0 aliphatic rings. The molecule has 0 aromatic rings. The van der Waals surface area contributed by atoms with Gasteiger partial charge in [0, 0.05) is 7.05 Å². The van der Waals surface area contributed by atoms with Gasteiger partial charge in [-0.05, 0) is 19.8 Å². The second kappa shape index (κ2) is 5.70. The van der Waals surface area contributed by atoms with Gasteiger partial charge in [-0.2, -0.15) is 0 Å². The van der Waals surface area contributed by atoms with Crippen LogP contribution >= 0.6 is 0 Å². The van der Waals surface area contributed by atoms with E-state index < -0.39 is 29.5 Å². The Labute approximate surface area is 106 Å². The second-order valence-corrected chi connectivity index (χ2v) is 4.99. The van der Waals surface area contributed by atoms with E-state index in [0.717, 1.165) is 4.90 Å². The minimum absolute atomic E-state index is 0.197. The maximum atomic E-state index is 12.2. The van der Waals surface area contributed by atoms with Crippen molar-refractivity contribution in [3.63, 3.8) is 0 Å². The number of aliphatic carboxylic acids is 1. The Morgan fingerprint density at radius 3 is 2.00 bits per heavy atom. The zero-order valence-corrected chi connectivity index (χ0v) is 11.4. The zero-order valence-electron chi connectivity index (χ0n) is 11.4. The van der Waals surface area contributed by atoms with Crippen molar-refractivity contribution in [1.82, 2.24) is 10.2 Å². The van der Waals surface area contributed by atoms with Gasteiger partial charge in [0.25, 0.3) is 0 Å². The van der Waals surface area contributed by atoms with Crippen molar-refractivity contribution in [3.05, 3.63) is 0 Å². The first-order valence-electron chi connectivity index (χ1n) is 5.58. The molecule has 0 heterocycles. The van der Waals surface area contributed by atoms with Gasteiger partial charge in [0.05, 0.1) is 0 Å². The summed E-state index contributed by atoms with van der Waals surface area (Å²) in [4.78, 5) is 35.2. The van der Waals surface area contributed by atoms with Gasteiger partial charge in [-0.3, -0.25) is 4.79 Å². The molecule has 0 fully saturated rings. The Hall–Kier alpha value is -1.79. The van der Waals surface area contributed by atoms with E-state index in [2.05, 4.69) is 5.32 Å². The highest BCUT2D eigenvalue weighted by Crippen LogP contribution is 2.16. The van der Waals surface area contributed by atoms with E-state index >= 15 is 0 Å². The molecule has 0 aliphatic heterocycles. The number of likely N-dealkylation sites (N-methyl/N-ethyl adjacent to an activating group) is 1. The van der Waals surface area contributed by atoms with Crippen molar-refractivity contribution >= 4 is 17.9 Å². The van der Waals surface area contributed by atoms with Gasteiger partial charge in [0.15, 0.2) is 0 Å². The van der Waals surface area contributed by atoms with Crippen LogP contribution in [0, 0.1) is 5.92 Å². The van der Waals surface area contributed by atoms with Gasteiger partial charge >= 0.3 is 12.0 Å². The fourth-order valence-corrected chi connectivity index (χ4v) is 1.29. The number of nitrogens with two attached hydrogens (primary N) is 1. The van der Waals surface area contributed by atoms with Crippen molar-refractivity contribution in [2.45, 2.75) is 39.3 Å². The van der Waals surface area contributed by atoms with Crippen LogP contribution in [-0.4, -0.2) is 46.5 Å². The smallest absolute Gasteiger partial charge is 0.329 e. The molecule has 4 N–H and O–H groups in total. The monoisotopic (exact) mass is 259 g/mol. The number of carboxylic acids is 1. The number of amides is 3. The number of hydrogen-bond acceptors (Lipinski definition) is 3. The number of nitrogens with zero attached hydrogens (tertiary/aromatic N) is 1. The Morgan fingerprint density at radius 2 is 1.72 bits per heavy atom. The number of rotatable bonds is 5. The molecule has 0 radical (unpaired) electrons. The Bertz CT molecular complexity index is 348. The summed E-state index contributed by atoms with van der Waals surface area (Å²) >= 11 is 0. The van der Waals surface area contributed by atoms with E-state index in [9.17, 15) is 14.4 Å². The lowest BCUT2D eigenvalue weighted by Gasteiger charge is -2.35. The molecule has 7 heteroatoms. The highest BCUT2D eigenvalue weighted by Gasteiger charge is 2.38. The van der Waals surface area contributed by atoms with Gasteiger partial charge in [-0.15, -0.1) is 0 Å². The molecule has 0 aromatic heterocycles. The van der Waals surface area contributed by atoms with E-state index in [1.165, 1.54) is 20.9 Å². The first-order valence-corrected chi connectivity index (χ1v) is 5.58. The van der Waals surface area contributed by atoms with E-state index in [-0.39, 0.29) is 5.92 Å². The number of primary amides is 1. The van der Waals surface area contributed by atoms with Crippen LogP contribution in [0.5, 0.6) is 0 Å².